The first-order chi connectivity index (χ1) is 13.7. The fourth-order valence-corrected chi connectivity index (χ4v) is 5.00. The van der Waals surface area contributed by atoms with E-state index in [1.807, 2.05) is 7.05 Å². The van der Waals surface area contributed by atoms with E-state index >= 15 is 0 Å². The fraction of sp³-hybridized carbons (Fsp3) is 0.600. The number of rotatable bonds is 5. The minimum absolute atomic E-state index is 0. The van der Waals surface area contributed by atoms with Crippen molar-refractivity contribution in [3.8, 4) is 5.75 Å². The van der Waals surface area contributed by atoms with Gasteiger partial charge in [0.25, 0.3) is 0 Å². The molecule has 2 unspecified atom stereocenters. The first-order valence-corrected chi connectivity index (χ1v) is 10.7. The summed E-state index contributed by atoms with van der Waals surface area (Å²) in [5, 5.41) is 3.97. The molecule has 1 N–H and O–H groups in total. The van der Waals surface area contributed by atoms with E-state index in [2.05, 4.69) is 21.9 Å². The zero-order chi connectivity index (χ0) is 21.0. The molecule has 10 heteroatoms. The second kappa shape index (κ2) is 10.6. The van der Waals surface area contributed by atoms with Crippen LogP contribution >= 0.6 is 24.2 Å². The van der Waals surface area contributed by atoms with Crippen LogP contribution < -0.4 is 10.1 Å². The van der Waals surface area contributed by atoms with Crippen LogP contribution in [0.4, 0.5) is 18.9 Å². The summed E-state index contributed by atoms with van der Waals surface area (Å²) >= 11 is 1.70. The summed E-state index contributed by atoms with van der Waals surface area (Å²) in [6.07, 6.45) is 1.55. The van der Waals surface area contributed by atoms with Gasteiger partial charge >= 0.3 is 6.36 Å². The third kappa shape index (κ3) is 6.97. The number of aliphatic imine (C=N–C) groups is 1. The molecule has 1 saturated heterocycles. The molecule has 1 aromatic rings. The molecule has 1 amide bonds. The minimum atomic E-state index is -4.73. The van der Waals surface area contributed by atoms with Crippen LogP contribution in [0, 0.1) is 0 Å². The molecule has 0 aromatic heterocycles. The smallest absolute Gasteiger partial charge is 0.406 e. The normalized spacial score (nSPS) is 23.9. The molecule has 2 aliphatic rings. The van der Waals surface area contributed by atoms with Gasteiger partial charge in [0, 0.05) is 24.4 Å². The third-order valence-electron chi connectivity index (χ3n) is 5.27. The molecule has 1 saturated carbocycles. The Balaban J connectivity index is 0.00000320. The molecule has 2 atom stereocenters. The van der Waals surface area contributed by atoms with E-state index < -0.39 is 6.36 Å². The molecule has 168 valence electrons. The molecule has 1 aliphatic carbocycles. The highest BCUT2D eigenvalue weighted by atomic mass is 35.5. The Labute approximate surface area is 185 Å². The summed E-state index contributed by atoms with van der Waals surface area (Å²) in [6, 6.07) is 5.55. The van der Waals surface area contributed by atoms with Gasteiger partial charge < -0.3 is 15.0 Å². The highest BCUT2D eigenvalue weighted by Crippen LogP contribution is 2.34. The summed E-state index contributed by atoms with van der Waals surface area (Å²) in [5.41, 5.74) is 0.432. The highest BCUT2D eigenvalue weighted by Gasteiger charge is 2.36. The Hall–Kier alpha value is -1.61. The van der Waals surface area contributed by atoms with Crippen molar-refractivity contribution in [2.24, 2.45) is 4.99 Å². The molecule has 0 bridgehead atoms. The number of amidine groups is 1. The highest BCUT2D eigenvalue weighted by molar-refractivity contribution is 8.14. The Morgan fingerprint density at radius 1 is 1.23 bits per heavy atom. The number of thioether (sulfide) groups is 1. The molecule has 3 rings (SSSR count). The van der Waals surface area contributed by atoms with Crippen molar-refractivity contribution in [1.82, 2.24) is 4.90 Å². The van der Waals surface area contributed by atoms with Crippen LogP contribution in [0.25, 0.3) is 0 Å². The lowest BCUT2D eigenvalue weighted by Gasteiger charge is -2.24. The van der Waals surface area contributed by atoms with Gasteiger partial charge in [-0.25, -0.2) is 0 Å². The van der Waals surface area contributed by atoms with Crippen LogP contribution in [-0.4, -0.2) is 46.7 Å². The van der Waals surface area contributed by atoms with Crippen molar-refractivity contribution in [3.05, 3.63) is 24.3 Å². The van der Waals surface area contributed by atoms with Gasteiger partial charge in [-0.1, -0.05) is 37.9 Å². The van der Waals surface area contributed by atoms with E-state index in [-0.39, 0.29) is 41.8 Å². The van der Waals surface area contributed by atoms with Crippen molar-refractivity contribution in [2.45, 2.75) is 69.1 Å². The Bertz CT molecular complexity index is 740. The molecule has 30 heavy (non-hydrogen) atoms. The van der Waals surface area contributed by atoms with E-state index in [1.54, 1.807) is 11.8 Å². The van der Waals surface area contributed by atoms with Crippen molar-refractivity contribution >= 4 is 40.9 Å². The average molecular weight is 466 g/mol. The minimum Gasteiger partial charge on any atom is -0.406 e. The second-order valence-corrected chi connectivity index (χ2v) is 8.87. The van der Waals surface area contributed by atoms with Crippen molar-refractivity contribution in [2.75, 3.05) is 12.4 Å². The van der Waals surface area contributed by atoms with Gasteiger partial charge in [-0.3, -0.25) is 9.79 Å². The largest absolute Gasteiger partial charge is 0.573 e. The standard InChI is InChI=1S/C20H26F3N3O2S.ClH/c1-13-17(26(2)19(29-13)25-14-6-4-3-5-7-14)12-18(27)24-15-8-10-16(11-9-15)28-20(21,22)23;/h8-11,13-14,17H,3-7,12H2,1-2H3,(H,24,27);1H. The van der Waals surface area contributed by atoms with E-state index in [1.165, 1.54) is 43.5 Å². The van der Waals surface area contributed by atoms with Crippen molar-refractivity contribution in [3.63, 3.8) is 0 Å². The summed E-state index contributed by atoms with van der Waals surface area (Å²) < 4.78 is 40.5. The third-order valence-corrected chi connectivity index (χ3v) is 6.56. The summed E-state index contributed by atoms with van der Waals surface area (Å²) in [4.78, 5) is 19.5. The van der Waals surface area contributed by atoms with Gasteiger partial charge in [0.2, 0.25) is 5.91 Å². The van der Waals surface area contributed by atoms with Crippen LogP contribution in [0.15, 0.2) is 29.3 Å². The monoisotopic (exact) mass is 465 g/mol. The molecule has 1 aromatic carbocycles. The van der Waals surface area contributed by atoms with Crippen molar-refractivity contribution < 1.29 is 22.7 Å². The molecule has 1 aliphatic heterocycles. The number of hydrogen-bond acceptors (Lipinski definition) is 4. The predicted octanol–water partition coefficient (Wildman–Crippen LogP) is 5.46. The van der Waals surface area contributed by atoms with Gasteiger partial charge in [-0.15, -0.1) is 25.6 Å². The Morgan fingerprint density at radius 2 is 1.87 bits per heavy atom. The average Bonchev–Trinajstić information content (AvgIpc) is 2.90. The van der Waals surface area contributed by atoms with Gasteiger partial charge in [0.1, 0.15) is 5.75 Å². The first kappa shape index (κ1) is 24.7. The fourth-order valence-electron chi connectivity index (χ4n) is 3.72. The number of anilines is 1. The number of nitrogens with one attached hydrogen (secondary N) is 1. The summed E-state index contributed by atoms with van der Waals surface area (Å²) in [6.45, 7) is 2.09. The van der Waals surface area contributed by atoms with Crippen LogP contribution in [0.1, 0.15) is 45.4 Å². The molecule has 2 fully saturated rings. The zero-order valence-electron chi connectivity index (χ0n) is 16.9. The number of nitrogens with zero attached hydrogens (tertiary/aromatic N) is 2. The van der Waals surface area contributed by atoms with Crippen LogP contribution in [0.3, 0.4) is 0 Å². The number of ether oxygens (including phenoxy) is 1. The van der Waals surface area contributed by atoms with Crippen LogP contribution in [0.2, 0.25) is 0 Å². The molecule has 1 heterocycles. The maximum Gasteiger partial charge on any atom is 0.573 e. The van der Waals surface area contributed by atoms with Gasteiger partial charge in [0.15, 0.2) is 5.17 Å². The molecule has 0 radical (unpaired) electrons. The Kier molecular flexibility index (Phi) is 8.73. The Morgan fingerprint density at radius 3 is 2.47 bits per heavy atom. The second-order valence-electron chi connectivity index (χ2n) is 7.53. The number of carbonyl (C=O) groups is 1. The number of benzene rings is 1. The number of halogens is 4. The lowest BCUT2D eigenvalue weighted by atomic mass is 9.96. The predicted molar refractivity (Wildman–Crippen MR) is 117 cm³/mol. The number of alkyl halides is 3. The number of amides is 1. The van der Waals surface area contributed by atoms with Gasteiger partial charge in [0.05, 0.1) is 12.1 Å². The topological polar surface area (TPSA) is 53.9 Å². The van der Waals surface area contributed by atoms with E-state index in [4.69, 9.17) is 4.99 Å². The lowest BCUT2D eigenvalue weighted by Crippen LogP contribution is -2.36. The lowest BCUT2D eigenvalue weighted by molar-refractivity contribution is -0.274. The van der Waals surface area contributed by atoms with Crippen molar-refractivity contribution in [1.29, 1.82) is 0 Å². The van der Waals surface area contributed by atoms with Gasteiger partial charge in [-0.2, -0.15) is 0 Å². The summed E-state index contributed by atoms with van der Waals surface area (Å²) in [7, 11) is 1.97. The molecule has 0 spiro atoms. The SMILES string of the molecule is CC1SC(=NC2CCCCC2)N(C)C1CC(=O)Nc1ccc(OC(F)(F)F)cc1.Cl. The maximum atomic E-state index is 12.5. The quantitative estimate of drug-likeness (QED) is 0.627. The van der Waals surface area contributed by atoms with E-state index in [0.717, 1.165) is 18.0 Å². The molecular weight excluding hydrogens is 439 g/mol. The molecular formula is C20H27ClF3N3O2S. The summed E-state index contributed by atoms with van der Waals surface area (Å²) in [5.74, 6) is -0.502. The first-order valence-electron chi connectivity index (χ1n) is 9.84. The van der Waals surface area contributed by atoms with E-state index in [0.29, 0.717) is 11.7 Å². The van der Waals surface area contributed by atoms with Gasteiger partial charge in [-0.05, 0) is 37.1 Å². The molecule has 5 nitrogen and oxygen atoms in total. The van der Waals surface area contributed by atoms with Crippen LogP contribution in [0.5, 0.6) is 5.75 Å². The number of carbonyl (C=O) groups excluding carboxylic acids is 1. The zero-order valence-corrected chi connectivity index (χ0v) is 18.6. The number of hydrogen-bond donors (Lipinski definition) is 1. The van der Waals surface area contributed by atoms with Crippen LogP contribution in [-0.2, 0) is 4.79 Å². The maximum absolute atomic E-state index is 12.5. The van der Waals surface area contributed by atoms with E-state index in [9.17, 15) is 18.0 Å².